The van der Waals surface area contributed by atoms with Gasteiger partial charge in [-0.1, -0.05) is 48.6 Å². The van der Waals surface area contributed by atoms with E-state index in [2.05, 4.69) is 4.98 Å². The van der Waals surface area contributed by atoms with E-state index in [-0.39, 0.29) is 5.97 Å². The van der Waals surface area contributed by atoms with Crippen LogP contribution in [0, 0.1) is 0 Å². The Labute approximate surface area is 193 Å². The number of carbonyl (C=O) groups excluding carboxylic acids is 1. The predicted octanol–water partition coefficient (Wildman–Crippen LogP) is 5.86. The lowest BCUT2D eigenvalue weighted by Gasteiger charge is -2.08. The van der Waals surface area contributed by atoms with E-state index in [9.17, 15) is 4.79 Å². The molecular formula is C28H25NO4. The number of methoxy groups -OCH3 is 2. The van der Waals surface area contributed by atoms with Crippen molar-refractivity contribution in [1.82, 2.24) is 4.98 Å². The van der Waals surface area contributed by atoms with Gasteiger partial charge in [-0.25, -0.2) is 9.78 Å². The highest BCUT2D eigenvalue weighted by Crippen LogP contribution is 2.21. The van der Waals surface area contributed by atoms with Crippen molar-refractivity contribution >= 4 is 22.9 Å². The lowest BCUT2D eigenvalue weighted by molar-refractivity contribution is 0.0599. The highest BCUT2D eigenvalue weighted by Gasteiger charge is 2.09. The molecule has 0 N–H and O–H groups in total. The van der Waals surface area contributed by atoms with E-state index >= 15 is 0 Å². The minimum atomic E-state index is -0.323. The molecule has 1 aromatic heterocycles. The molecule has 0 aliphatic heterocycles. The zero-order chi connectivity index (χ0) is 23.0. The van der Waals surface area contributed by atoms with Crippen LogP contribution in [0.3, 0.4) is 0 Å². The Morgan fingerprint density at radius 2 is 1.79 bits per heavy atom. The standard InChI is InChI=1S/C28H25NO4/c1-31-24-15-16-27-22(18-24)13-14-23(29-27)19-33-25-11-6-8-20(17-25)7-5-10-21-9-3-4-12-26(21)28(30)32-2/h3-9,11-18H,10,19H2,1-2H3/b7-5+. The molecule has 0 aliphatic carbocycles. The molecule has 0 atom stereocenters. The van der Waals surface area contributed by atoms with Gasteiger partial charge < -0.3 is 14.2 Å². The predicted molar refractivity (Wildman–Crippen MR) is 130 cm³/mol. The highest BCUT2D eigenvalue weighted by atomic mass is 16.5. The normalized spacial score (nSPS) is 11.0. The number of hydrogen-bond acceptors (Lipinski definition) is 5. The van der Waals surface area contributed by atoms with Gasteiger partial charge >= 0.3 is 5.97 Å². The first kappa shape index (κ1) is 22.1. The average molecular weight is 440 g/mol. The number of rotatable bonds is 8. The number of nitrogens with zero attached hydrogens (tertiary/aromatic N) is 1. The lowest BCUT2D eigenvalue weighted by Crippen LogP contribution is -2.04. The number of hydrogen-bond donors (Lipinski definition) is 0. The molecule has 0 saturated carbocycles. The quantitative estimate of drug-likeness (QED) is 0.322. The molecule has 166 valence electrons. The summed E-state index contributed by atoms with van der Waals surface area (Å²) in [5.41, 5.74) is 4.28. The third-order valence-electron chi connectivity index (χ3n) is 5.27. The van der Waals surface area contributed by atoms with Crippen LogP contribution < -0.4 is 9.47 Å². The maximum atomic E-state index is 11.9. The van der Waals surface area contributed by atoms with Crippen molar-refractivity contribution in [3.8, 4) is 11.5 Å². The molecule has 3 aromatic carbocycles. The van der Waals surface area contributed by atoms with Gasteiger partial charge in [0.1, 0.15) is 18.1 Å². The molecule has 33 heavy (non-hydrogen) atoms. The van der Waals surface area contributed by atoms with Gasteiger partial charge in [0.25, 0.3) is 0 Å². The van der Waals surface area contributed by atoms with Crippen LogP contribution in [0.2, 0.25) is 0 Å². The average Bonchev–Trinajstić information content (AvgIpc) is 2.87. The van der Waals surface area contributed by atoms with Gasteiger partial charge in [-0.15, -0.1) is 0 Å². The summed E-state index contributed by atoms with van der Waals surface area (Å²) >= 11 is 0. The van der Waals surface area contributed by atoms with Gasteiger partial charge in [0.05, 0.1) is 31.0 Å². The van der Waals surface area contributed by atoms with E-state index in [1.54, 1.807) is 13.2 Å². The first-order valence-electron chi connectivity index (χ1n) is 10.7. The van der Waals surface area contributed by atoms with Gasteiger partial charge in [-0.3, -0.25) is 0 Å². The van der Waals surface area contributed by atoms with Crippen molar-refractivity contribution in [3.63, 3.8) is 0 Å². The molecule has 0 unspecified atom stereocenters. The summed E-state index contributed by atoms with van der Waals surface area (Å²) in [5.74, 6) is 1.26. The number of fused-ring (bicyclic) bond motifs is 1. The Morgan fingerprint density at radius 1 is 0.909 bits per heavy atom. The van der Waals surface area contributed by atoms with Gasteiger partial charge in [0.15, 0.2) is 0 Å². The second-order valence-electron chi connectivity index (χ2n) is 7.48. The van der Waals surface area contributed by atoms with Crippen molar-refractivity contribution in [2.45, 2.75) is 13.0 Å². The van der Waals surface area contributed by atoms with Crippen LogP contribution in [0.15, 0.2) is 84.9 Å². The second-order valence-corrected chi connectivity index (χ2v) is 7.48. The van der Waals surface area contributed by atoms with E-state index in [0.717, 1.165) is 39.2 Å². The molecular weight excluding hydrogens is 414 g/mol. The number of esters is 1. The van der Waals surface area contributed by atoms with Crippen LogP contribution in [-0.2, 0) is 17.8 Å². The smallest absolute Gasteiger partial charge is 0.338 e. The summed E-state index contributed by atoms with van der Waals surface area (Å²) in [5, 5.41) is 1.03. The zero-order valence-corrected chi connectivity index (χ0v) is 18.7. The van der Waals surface area contributed by atoms with Crippen molar-refractivity contribution in [1.29, 1.82) is 0 Å². The highest BCUT2D eigenvalue weighted by molar-refractivity contribution is 5.91. The molecule has 5 heteroatoms. The monoisotopic (exact) mass is 439 g/mol. The van der Waals surface area contributed by atoms with Crippen LogP contribution in [0.1, 0.15) is 27.2 Å². The fraction of sp³-hybridized carbons (Fsp3) is 0.143. The SMILES string of the molecule is COC(=O)c1ccccc1C/C=C/c1cccc(OCc2ccc3cc(OC)ccc3n2)c1. The molecule has 0 bridgehead atoms. The number of benzene rings is 3. The summed E-state index contributed by atoms with van der Waals surface area (Å²) < 4.78 is 16.1. The maximum absolute atomic E-state index is 11.9. The molecule has 0 aliphatic rings. The molecule has 4 aromatic rings. The first-order chi connectivity index (χ1) is 16.2. The lowest BCUT2D eigenvalue weighted by atomic mass is 10.0. The summed E-state index contributed by atoms with van der Waals surface area (Å²) in [6, 6.07) is 25.1. The first-order valence-corrected chi connectivity index (χ1v) is 10.7. The van der Waals surface area contributed by atoms with Crippen LogP contribution in [-0.4, -0.2) is 25.2 Å². The Hall–Kier alpha value is -4.12. The molecule has 0 radical (unpaired) electrons. The Morgan fingerprint density at radius 3 is 2.64 bits per heavy atom. The molecule has 0 saturated heterocycles. The van der Waals surface area contributed by atoms with Crippen LogP contribution in [0.4, 0.5) is 0 Å². The fourth-order valence-electron chi connectivity index (χ4n) is 3.55. The topological polar surface area (TPSA) is 57.7 Å². The molecule has 1 heterocycles. The van der Waals surface area contributed by atoms with Gasteiger partial charge in [0, 0.05) is 5.39 Å². The fourth-order valence-corrected chi connectivity index (χ4v) is 3.55. The molecule has 4 rings (SSSR count). The minimum Gasteiger partial charge on any atom is -0.497 e. The van der Waals surface area contributed by atoms with Crippen LogP contribution >= 0.6 is 0 Å². The van der Waals surface area contributed by atoms with Crippen LogP contribution in [0.5, 0.6) is 11.5 Å². The Kier molecular flexibility index (Phi) is 7.00. The van der Waals surface area contributed by atoms with Crippen molar-refractivity contribution in [3.05, 3.63) is 107 Å². The van der Waals surface area contributed by atoms with Crippen molar-refractivity contribution in [2.75, 3.05) is 14.2 Å². The van der Waals surface area contributed by atoms with E-state index in [1.807, 2.05) is 84.9 Å². The number of ether oxygens (including phenoxy) is 3. The summed E-state index contributed by atoms with van der Waals surface area (Å²) in [4.78, 5) is 16.6. The number of pyridine rings is 1. The largest absolute Gasteiger partial charge is 0.497 e. The van der Waals surface area contributed by atoms with Crippen molar-refractivity contribution in [2.24, 2.45) is 0 Å². The molecule has 0 fully saturated rings. The van der Waals surface area contributed by atoms with Gasteiger partial charge in [-0.2, -0.15) is 0 Å². The molecule has 5 nitrogen and oxygen atoms in total. The van der Waals surface area contributed by atoms with E-state index < -0.39 is 0 Å². The van der Waals surface area contributed by atoms with Gasteiger partial charge in [0.2, 0.25) is 0 Å². The Balaban J connectivity index is 1.40. The third-order valence-corrected chi connectivity index (χ3v) is 5.27. The number of carbonyl (C=O) groups is 1. The maximum Gasteiger partial charge on any atom is 0.338 e. The summed E-state index contributed by atoms with van der Waals surface area (Å²) in [6.07, 6.45) is 4.67. The molecule has 0 spiro atoms. The second kappa shape index (κ2) is 10.5. The number of aromatic nitrogens is 1. The minimum absolute atomic E-state index is 0.323. The summed E-state index contributed by atoms with van der Waals surface area (Å²) in [7, 11) is 3.05. The molecule has 0 amide bonds. The van der Waals surface area contributed by atoms with Gasteiger partial charge in [-0.05, 0) is 60.0 Å². The van der Waals surface area contributed by atoms with E-state index in [1.165, 1.54) is 7.11 Å². The zero-order valence-electron chi connectivity index (χ0n) is 18.7. The Bertz CT molecular complexity index is 1300. The number of allylic oxidation sites excluding steroid dienone is 1. The van der Waals surface area contributed by atoms with E-state index in [0.29, 0.717) is 18.6 Å². The third kappa shape index (κ3) is 5.57. The van der Waals surface area contributed by atoms with Crippen LogP contribution in [0.25, 0.3) is 17.0 Å². The van der Waals surface area contributed by atoms with E-state index in [4.69, 9.17) is 14.2 Å². The van der Waals surface area contributed by atoms with Crippen molar-refractivity contribution < 1.29 is 19.0 Å². The summed E-state index contributed by atoms with van der Waals surface area (Å²) in [6.45, 7) is 0.377.